The molecule has 0 aliphatic carbocycles. The van der Waals surface area contributed by atoms with E-state index < -0.39 is 0 Å². The number of rotatable bonds is 8. The summed E-state index contributed by atoms with van der Waals surface area (Å²) in [5.41, 5.74) is 1.28. The van der Waals surface area contributed by atoms with E-state index in [2.05, 4.69) is 15.2 Å². The van der Waals surface area contributed by atoms with E-state index >= 15 is 0 Å². The lowest BCUT2D eigenvalue weighted by Crippen LogP contribution is -2.40. The molecule has 0 amide bonds. The van der Waals surface area contributed by atoms with Crippen LogP contribution in [-0.4, -0.2) is 56.2 Å². The Labute approximate surface area is 172 Å². The average molecular weight is 476 g/mol. The van der Waals surface area contributed by atoms with Crippen LogP contribution >= 0.6 is 24.0 Å². The molecule has 0 saturated carbocycles. The van der Waals surface area contributed by atoms with Gasteiger partial charge in [0.05, 0.1) is 11.5 Å². The lowest BCUT2D eigenvalue weighted by atomic mass is 10.1. The molecular weight excluding hydrogens is 447 g/mol. The lowest BCUT2D eigenvalue weighted by molar-refractivity contribution is -0.384. The number of non-ortho nitro benzene ring substituents is 1. The van der Waals surface area contributed by atoms with Crippen molar-refractivity contribution in [1.29, 1.82) is 0 Å². The molecule has 2 rings (SSSR count). The predicted molar refractivity (Wildman–Crippen MR) is 114 cm³/mol. The number of nitro benzene ring substituents is 1. The van der Waals surface area contributed by atoms with Crippen LogP contribution in [0.3, 0.4) is 0 Å². The molecule has 1 aliphatic heterocycles. The maximum Gasteiger partial charge on any atom is 0.269 e. The van der Waals surface area contributed by atoms with Crippen LogP contribution in [0.4, 0.5) is 5.69 Å². The molecule has 0 spiro atoms. The summed E-state index contributed by atoms with van der Waals surface area (Å²) in [6.07, 6.45) is 4.14. The summed E-state index contributed by atoms with van der Waals surface area (Å²) in [4.78, 5) is 16.9. The van der Waals surface area contributed by atoms with Gasteiger partial charge >= 0.3 is 0 Å². The quantitative estimate of drug-likeness (QED) is 0.156. The Morgan fingerprint density at radius 1 is 1.38 bits per heavy atom. The Morgan fingerprint density at radius 2 is 2.12 bits per heavy atom. The fraction of sp³-hybridized carbons (Fsp3) is 0.611. The van der Waals surface area contributed by atoms with Crippen molar-refractivity contribution in [2.75, 3.05) is 40.4 Å². The Kier molecular flexibility index (Phi) is 10.5. The number of benzene rings is 1. The number of hydrogen-bond acceptors (Lipinski definition) is 4. The number of halogens is 1. The van der Waals surface area contributed by atoms with E-state index in [1.54, 1.807) is 19.2 Å². The van der Waals surface area contributed by atoms with Gasteiger partial charge in [0.1, 0.15) is 0 Å². The number of aryl methyl sites for hydroxylation is 1. The summed E-state index contributed by atoms with van der Waals surface area (Å²) in [6.45, 7) is 3.71. The standard InChI is InChI=1S/C18H28N4O3.HI/c1-19-18(21-12-10-16(13-21)14-25-2)20-11-4-3-5-15-6-8-17(9-7-15)22(23)24;/h6-9,16H,3-5,10-14H2,1-2H3,(H,19,20);1H. The van der Waals surface area contributed by atoms with Crippen molar-refractivity contribution in [3.63, 3.8) is 0 Å². The zero-order chi connectivity index (χ0) is 18.1. The molecule has 0 radical (unpaired) electrons. The topological polar surface area (TPSA) is 80.0 Å². The van der Waals surface area contributed by atoms with Crippen molar-refractivity contribution in [3.05, 3.63) is 39.9 Å². The Morgan fingerprint density at radius 3 is 2.73 bits per heavy atom. The molecule has 0 bridgehead atoms. The van der Waals surface area contributed by atoms with Crippen LogP contribution in [0.25, 0.3) is 0 Å². The minimum Gasteiger partial charge on any atom is -0.384 e. The minimum atomic E-state index is -0.366. The van der Waals surface area contributed by atoms with Gasteiger partial charge in [-0.1, -0.05) is 12.1 Å². The molecule has 1 N–H and O–H groups in total. The highest BCUT2D eigenvalue weighted by Gasteiger charge is 2.24. The molecule has 1 aromatic carbocycles. The van der Waals surface area contributed by atoms with Gasteiger partial charge in [0.15, 0.2) is 5.96 Å². The summed E-state index contributed by atoms with van der Waals surface area (Å²) in [6, 6.07) is 6.81. The van der Waals surface area contributed by atoms with Crippen molar-refractivity contribution in [3.8, 4) is 0 Å². The first kappa shape index (κ1) is 22.6. The molecular formula is C18H29IN4O3. The summed E-state index contributed by atoms with van der Waals surface area (Å²) < 4.78 is 5.24. The van der Waals surface area contributed by atoms with E-state index in [4.69, 9.17) is 4.74 Å². The highest BCUT2D eigenvalue weighted by atomic mass is 127. The van der Waals surface area contributed by atoms with Gasteiger partial charge < -0.3 is 15.0 Å². The number of nitrogens with zero attached hydrogens (tertiary/aromatic N) is 3. The van der Waals surface area contributed by atoms with Gasteiger partial charge in [-0.15, -0.1) is 24.0 Å². The summed E-state index contributed by atoms with van der Waals surface area (Å²) in [7, 11) is 3.57. The van der Waals surface area contributed by atoms with E-state index in [9.17, 15) is 10.1 Å². The third-order valence-corrected chi connectivity index (χ3v) is 4.52. The van der Waals surface area contributed by atoms with Crippen molar-refractivity contribution in [2.45, 2.75) is 25.7 Å². The smallest absolute Gasteiger partial charge is 0.269 e. The first-order chi connectivity index (χ1) is 12.1. The van der Waals surface area contributed by atoms with Crippen molar-refractivity contribution in [1.82, 2.24) is 10.2 Å². The van der Waals surface area contributed by atoms with E-state index in [1.807, 2.05) is 19.2 Å². The highest BCUT2D eigenvalue weighted by Crippen LogP contribution is 2.16. The number of guanidine groups is 1. The number of likely N-dealkylation sites (tertiary alicyclic amines) is 1. The zero-order valence-corrected chi connectivity index (χ0v) is 17.8. The Balaban J connectivity index is 0.00000338. The van der Waals surface area contributed by atoms with Crippen molar-refractivity contribution < 1.29 is 9.66 Å². The molecule has 1 aromatic rings. The van der Waals surface area contributed by atoms with Crippen LogP contribution in [-0.2, 0) is 11.2 Å². The van der Waals surface area contributed by atoms with Crippen LogP contribution in [0.1, 0.15) is 24.8 Å². The van der Waals surface area contributed by atoms with Crippen molar-refractivity contribution >= 4 is 35.6 Å². The number of nitrogens with one attached hydrogen (secondary N) is 1. The summed E-state index contributed by atoms with van der Waals surface area (Å²) in [5, 5.41) is 14.1. The first-order valence-electron chi connectivity index (χ1n) is 8.82. The molecule has 0 aromatic heterocycles. The Bertz CT molecular complexity index is 580. The predicted octanol–water partition coefficient (Wildman–Crippen LogP) is 3.08. The SMILES string of the molecule is CN=C(NCCCCc1ccc([N+](=O)[O-])cc1)N1CCC(COC)C1.I. The molecule has 26 heavy (non-hydrogen) atoms. The van der Waals surface area contributed by atoms with Crippen LogP contribution < -0.4 is 5.32 Å². The number of aliphatic imine (C=N–C) groups is 1. The van der Waals surface area contributed by atoms with Crippen LogP contribution in [0.15, 0.2) is 29.3 Å². The largest absolute Gasteiger partial charge is 0.384 e. The summed E-state index contributed by atoms with van der Waals surface area (Å²) >= 11 is 0. The fourth-order valence-electron chi connectivity index (χ4n) is 3.17. The van der Waals surface area contributed by atoms with Crippen LogP contribution in [0.2, 0.25) is 0 Å². The minimum absolute atomic E-state index is 0. The first-order valence-corrected chi connectivity index (χ1v) is 8.82. The third-order valence-electron chi connectivity index (χ3n) is 4.52. The molecule has 1 fully saturated rings. The normalized spacial score (nSPS) is 17.1. The zero-order valence-electron chi connectivity index (χ0n) is 15.5. The number of unbranched alkanes of at least 4 members (excludes halogenated alkanes) is 1. The second-order valence-corrected chi connectivity index (χ2v) is 6.41. The molecule has 146 valence electrons. The Hall–Kier alpha value is -1.42. The maximum absolute atomic E-state index is 10.6. The van der Waals surface area contributed by atoms with Gasteiger partial charge in [-0.25, -0.2) is 0 Å². The third kappa shape index (κ3) is 7.06. The van der Waals surface area contributed by atoms with Crippen LogP contribution in [0.5, 0.6) is 0 Å². The van der Waals surface area contributed by atoms with E-state index in [0.717, 1.165) is 63.4 Å². The number of hydrogen-bond donors (Lipinski definition) is 1. The molecule has 1 heterocycles. The van der Waals surface area contributed by atoms with Crippen LogP contribution in [0, 0.1) is 16.0 Å². The number of methoxy groups -OCH3 is 1. The van der Waals surface area contributed by atoms with Gasteiger partial charge in [0, 0.05) is 51.8 Å². The molecule has 8 heteroatoms. The number of nitro groups is 1. The number of ether oxygens (including phenoxy) is 1. The molecule has 7 nitrogen and oxygen atoms in total. The second kappa shape index (κ2) is 12.1. The van der Waals surface area contributed by atoms with Gasteiger partial charge in [-0.3, -0.25) is 15.1 Å². The molecule has 1 saturated heterocycles. The maximum atomic E-state index is 10.6. The van der Waals surface area contributed by atoms with Gasteiger partial charge in [0.2, 0.25) is 0 Å². The molecule has 1 aliphatic rings. The van der Waals surface area contributed by atoms with Gasteiger partial charge in [0.25, 0.3) is 5.69 Å². The fourth-order valence-corrected chi connectivity index (χ4v) is 3.17. The second-order valence-electron chi connectivity index (χ2n) is 6.41. The average Bonchev–Trinajstić information content (AvgIpc) is 3.07. The van der Waals surface area contributed by atoms with E-state index in [-0.39, 0.29) is 34.6 Å². The van der Waals surface area contributed by atoms with Crippen molar-refractivity contribution in [2.24, 2.45) is 10.9 Å². The van der Waals surface area contributed by atoms with Gasteiger partial charge in [-0.05, 0) is 31.2 Å². The lowest BCUT2D eigenvalue weighted by Gasteiger charge is -2.21. The monoisotopic (exact) mass is 476 g/mol. The van der Waals surface area contributed by atoms with Gasteiger partial charge in [-0.2, -0.15) is 0 Å². The summed E-state index contributed by atoms with van der Waals surface area (Å²) in [5.74, 6) is 1.56. The highest BCUT2D eigenvalue weighted by molar-refractivity contribution is 14.0. The molecule has 1 unspecified atom stereocenters. The van der Waals surface area contributed by atoms with E-state index in [1.165, 1.54) is 0 Å². The van der Waals surface area contributed by atoms with E-state index in [0.29, 0.717) is 5.92 Å². The molecule has 1 atom stereocenters.